The van der Waals surface area contributed by atoms with E-state index in [1.807, 2.05) is 65.6 Å². The molecule has 37 heavy (non-hydrogen) atoms. The molecule has 192 valence electrons. The molecule has 1 aliphatic carbocycles. The average molecular weight is 497 g/mol. The Balaban J connectivity index is 1.59. The third-order valence-corrected chi connectivity index (χ3v) is 7.93. The Morgan fingerprint density at radius 1 is 0.919 bits per heavy atom. The molecule has 1 heterocycles. The monoisotopic (exact) mass is 496 g/mol. The number of carbonyl (C=O) groups is 2. The summed E-state index contributed by atoms with van der Waals surface area (Å²) in [6.45, 7) is 4.31. The Morgan fingerprint density at radius 2 is 1.59 bits per heavy atom. The van der Waals surface area contributed by atoms with Crippen LogP contribution in [-0.2, 0) is 4.79 Å². The van der Waals surface area contributed by atoms with E-state index in [-0.39, 0.29) is 17.9 Å². The third kappa shape index (κ3) is 5.00. The lowest BCUT2D eigenvalue weighted by atomic mass is 9.77. The quantitative estimate of drug-likeness (QED) is 0.397. The van der Waals surface area contributed by atoms with Gasteiger partial charge in [-0.05, 0) is 65.8 Å². The van der Waals surface area contributed by atoms with E-state index >= 15 is 0 Å². The Labute approximate surface area is 219 Å². The van der Waals surface area contributed by atoms with Crippen molar-refractivity contribution in [2.24, 2.45) is 0 Å². The van der Waals surface area contributed by atoms with Gasteiger partial charge in [-0.15, -0.1) is 0 Å². The largest absolute Gasteiger partial charge is 0.497 e. The molecule has 1 N–H and O–H groups in total. The van der Waals surface area contributed by atoms with Gasteiger partial charge in [0, 0.05) is 17.3 Å². The molecule has 0 bridgehead atoms. The zero-order valence-electron chi connectivity index (χ0n) is 21.9. The maximum Gasteiger partial charge on any atom is 0.254 e. The molecule has 0 radical (unpaired) electrons. The van der Waals surface area contributed by atoms with Crippen LogP contribution in [0, 0.1) is 0 Å². The smallest absolute Gasteiger partial charge is 0.254 e. The van der Waals surface area contributed by atoms with E-state index < -0.39 is 12.0 Å². The SMILES string of the molecule is COc1ccc([C@H]2[C@@H](C(=O)Nc3ccc(C(C)C)cc3)c3ccccc3C(=O)N2C2CCCCC2)cc1. The van der Waals surface area contributed by atoms with Crippen LogP contribution >= 0.6 is 0 Å². The van der Waals surface area contributed by atoms with E-state index in [0.717, 1.165) is 48.2 Å². The zero-order chi connectivity index (χ0) is 25.9. The number of benzene rings is 3. The van der Waals surface area contributed by atoms with Crippen LogP contribution in [0.25, 0.3) is 0 Å². The zero-order valence-corrected chi connectivity index (χ0v) is 21.9. The summed E-state index contributed by atoms with van der Waals surface area (Å²) in [5.41, 5.74) is 4.36. The maximum absolute atomic E-state index is 14.1. The number of hydrogen-bond acceptors (Lipinski definition) is 3. The number of amides is 2. The lowest BCUT2D eigenvalue weighted by Gasteiger charge is -2.46. The second-order valence-electron chi connectivity index (χ2n) is 10.6. The molecule has 0 aromatic heterocycles. The van der Waals surface area contributed by atoms with Crippen LogP contribution in [0.4, 0.5) is 5.69 Å². The molecule has 1 saturated carbocycles. The molecule has 0 saturated heterocycles. The Kier molecular flexibility index (Phi) is 7.31. The number of fused-ring (bicyclic) bond motifs is 1. The lowest BCUT2D eigenvalue weighted by Crippen LogP contribution is -2.51. The van der Waals surface area contributed by atoms with Crippen molar-refractivity contribution in [2.45, 2.75) is 69.9 Å². The van der Waals surface area contributed by atoms with Crippen LogP contribution in [-0.4, -0.2) is 29.9 Å². The summed E-state index contributed by atoms with van der Waals surface area (Å²) in [6, 6.07) is 23.2. The van der Waals surface area contributed by atoms with Gasteiger partial charge in [0.15, 0.2) is 0 Å². The van der Waals surface area contributed by atoms with Gasteiger partial charge >= 0.3 is 0 Å². The van der Waals surface area contributed by atoms with Gasteiger partial charge in [-0.3, -0.25) is 9.59 Å². The highest BCUT2D eigenvalue weighted by Gasteiger charge is 2.46. The summed E-state index contributed by atoms with van der Waals surface area (Å²) in [4.78, 5) is 30.2. The molecule has 1 fully saturated rings. The summed E-state index contributed by atoms with van der Waals surface area (Å²) in [6.07, 6.45) is 5.32. The number of nitrogens with zero attached hydrogens (tertiary/aromatic N) is 1. The maximum atomic E-state index is 14.1. The number of ether oxygens (including phenoxy) is 1. The van der Waals surface area contributed by atoms with Crippen molar-refractivity contribution in [3.63, 3.8) is 0 Å². The van der Waals surface area contributed by atoms with Gasteiger partial charge in [-0.2, -0.15) is 0 Å². The first-order chi connectivity index (χ1) is 18.0. The highest BCUT2D eigenvalue weighted by atomic mass is 16.5. The van der Waals surface area contributed by atoms with Crippen LogP contribution in [0.15, 0.2) is 72.8 Å². The van der Waals surface area contributed by atoms with E-state index in [4.69, 9.17) is 4.74 Å². The lowest BCUT2D eigenvalue weighted by molar-refractivity contribution is -0.119. The van der Waals surface area contributed by atoms with Crippen molar-refractivity contribution in [1.29, 1.82) is 0 Å². The second-order valence-corrected chi connectivity index (χ2v) is 10.6. The highest BCUT2D eigenvalue weighted by Crippen LogP contribution is 2.46. The van der Waals surface area contributed by atoms with Crippen LogP contribution in [0.2, 0.25) is 0 Å². The van der Waals surface area contributed by atoms with E-state index in [1.165, 1.54) is 12.0 Å². The summed E-state index contributed by atoms with van der Waals surface area (Å²) in [5.74, 6) is 0.563. The van der Waals surface area contributed by atoms with E-state index in [0.29, 0.717) is 11.5 Å². The minimum atomic E-state index is -0.533. The molecule has 0 unspecified atom stereocenters. The summed E-state index contributed by atoms with van der Waals surface area (Å²) in [5, 5.41) is 3.18. The van der Waals surface area contributed by atoms with Gasteiger partial charge in [0.2, 0.25) is 5.91 Å². The minimum Gasteiger partial charge on any atom is -0.497 e. The van der Waals surface area contributed by atoms with Crippen molar-refractivity contribution in [3.8, 4) is 5.75 Å². The van der Waals surface area contributed by atoms with Gasteiger partial charge in [-0.1, -0.05) is 75.6 Å². The number of carbonyl (C=O) groups excluding carboxylic acids is 2. The Morgan fingerprint density at radius 3 is 2.24 bits per heavy atom. The molecule has 5 nitrogen and oxygen atoms in total. The van der Waals surface area contributed by atoms with Crippen LogP contribution in [0.5, 0.6) is 5.75 Å². The highest BCUT2D eigenvalue weighted by molar-refractivity contribution is 6.04. The first kappa shape index (κ1) is 25.1. The molecule has 2 aliphatic rings. The molecule has 1 aliphatic heterocycles. The topological polar surface area (TPSA) is 58.6 Å². The second kappa shape index (κ2) is 10.8. The first-order valence-corrected chi connectivity index (χ1v) is 13.4. The van der Waals surface area contributed by atoms with E-state index in [2.05, 4.69) is 31.3 Å². The van der Waals surface area contributed by atoms with Gasteiger partial charge in [-0.25, -0.2) is 0 Å². The van der Waals surface area contributed by atoms with Crippen molar-refractivity contribution in [2.75, 3.05) is 12.4 Å². The summed E-state index contributed by atoms with van der Waals surface area (Å²) < 4.78 is 5.40. The van der Waals surface area contributed by atoms with Crippen LogP contribution < -0.4 is 10.1 Å². The fraction of sp³-hybridized carbons (Fsp3) is 0.375. The molecule has 3 aromatic carbocycles. The molecular weight excluding hydrogens is 460 g/mol. The Bertz CT molecular complexity index is 1240. The van der Waals surface area contributed by atoms with Crippen molar-refractivity contribution >= 4 is 17.5 Å². The number of methoxy groups -OCH3 is 1. The fourth-order valence-electron chi connectivity index (χ4n) is 5.92. The van der Waals surface area contributed by atoms with E-state index in [1.54, 1.807) is 7.11 Å². The minimum absolute atomic E-state index is 0.0219. The van der Waals surface area contributed by atoms with Crippen LogP contribution in [0.3, 0.4) is 0 Å². The number of hydrogen-bond donors (Lipinski definition) is 1. The molecule has 5 heteroatoms. The third-order valence-electron chi connectivity index (χ3n) is 7.93. The molecule has 3 aromatic rings. The summed E-state index contributed by atoms with van der Waals surface area (Å²) >= 11 is 0. The number of nitrogens with one attached hydrogen (secondary N) is 1. The normalized spacial score (nSPS) is 20.0. The number of anilines is 1. The molecule has 5 rings (SSSR count). The predicted molar refractivity (Wildman–Crippen MR) is 147 cm³/mol. The molecule has 0 spiro atoms. The van der Waals surface area contributed by atoms with Crippen molar-refractivity contribution in [3.05, 3.63) is 95.1 Å². The molecular formula is C32H36N2O3. The number of rotatable bonds is 6. The standard InChI is InChI=1S/C32H36N2O3/c1-21(2)22-13-17-24(18-14-22)33-31(35)29-27-11-7-8-12-28(27)32(36)34(25-9-5-4-6-10-25)30(29)23-15-19-26(37-3)20-16-23/h7-8,11-21,25,29-30H,4-6,9-10H2,1-3H3,(H,33,35)/t29-,30-/m0/s1. The van der Waals surface area contributed by atoms with Gasteiger partial charge in [0.1, 0.15) is 5.75 Å². The van der Waals surface area contributed by atoms with E-state index in [9.17, 15) is 9.59 Å². The predicted octanol–water partition coefficient (Wildman–Crippen LogP) is 7.07. The average Bonchev–Trinajstić information content (AvgIpc) is 2.93. The fourth-order valence-corrected chi connectivity index (χ4v) is 5.92. The van der Waals surface area contributed by atoms with Crippen molar-refractivity contribution < 1.29 is 14.3 Å². The van der Waals surface area contributed by atoms with Gasteiger partial charge in [0.25, 0.3) is 5.91 Å². The molecule has 2 amide bonds. The van der Waals surface area contributed by atoms with Crippen LogP contribution in [0.1, 0.15) is 90.9 Å². The van der Waals surface area contributed by atoms with Gasteiger partial charge in [0.05, 0.1) is 19.1 Å². The van der Waals surface area contributed by atoms with Gasteiger partial charge < -0.3 is 15.0 Å². The first-order valence-electron chi connectivity index (χ1n) is 13.4. The molecule has 2 atom stereocenters. The Hall–Kier alpha value is -3.60. The summed E-state index contributed by atoms with van der Waals surface area (Å²) in [7, 11) is 1.64. The van der Waals surface area contributed by atoms with Crippen molar-refractivity contribution in [1.82, 2.24) is 4.90 Å².